The minimum Gasteiger partial charge on any atom is -0.444 e. The fourth-order valence-corrected chi connectivity index (χ4v) is 2.13. The summed E-state index contributed by atoms with van der Waals surface area (Å²) >= 11 is 0. The smallest absolute Gasteiger partial charge is 0.407 e. The van der Waals surface area contributed by atoms with Gasteiger partial charge in [0, 0.05) is 18.7 Å². The van der Waals surface area contributed by atoms with Crippen molar-refractivity contribution in [2.45, 2.75) is 39.7 Å². The summed E-state index contributed by atoms with van der Waals surface area (Å²) in [4.78, 5) is 15.8. The van der Waals surface area contributed by atoms with Crippen LogP contribution in [0.4, 0.5) is 10.7 Å². The maximum atomic E-state index is 11.6. The zero-order valence-corrected chi connectivity index (χ0v) is 15.5. The van der Waals surface area contributed by atoms with Crippen LogP contribution in [0.3, 0.4) is 0 Å². The number of carbonyl (C=O) groups excluding carboxylic acids is 1. The van der Waals surface area contributed by atoms with E-state index in [0.29, 0.717) is 31.3 Å². The second kappa shape index (κ2) is 8.39. The molecule has 0 bridgehead atoms. The molecule has 0 fully saturated rings. The highest BCUT2D eigenvalue weighted by molar-refractivity contribution is 5.67. The highest BCUT2D eigenvalue weighted by atomic mass is 16.6. The van der Waals surface area contributed by atoms with E-state index in [2.05, 4.69) is 15.6 Å². The van der Waals surface area contributed by atoms with E-state index in [1.165, 1.54) is 0 Å². The van der Waals surface area contributed by atoms with Gasteiger partial charge in [-0.25, -0.2) is 4.79 Å². The van der Waals surface area contributed by atoms with Crippen molar-refractivity contribution in [1.29, 1.82) is 5.26 Å². The van der Waals surface area contributed by atoms with Crippen LogP contribution in [-0.2, 0) is 4.74 Å². The lowest BCUT2D eigenvalue weighted by atomic mass is 10.1. The van der Waals surface area contributed by atoms with E-state index in [1.807, 2.05) is 58.0 Å². The molecule has 7 heteroatoms. The molecule has 0 radical (unpaired) electrons. The predicted molar refractivity (Wildman–Crippen MR) is 98.7 cm³/mol. The van der Waals surface area contributed by atoms with Crippen molar-refractivity contribution in [2.24, 2.45) is 0 Å². The lowest BCUT2D eigenvalue weighted by molar-refractivity contribution is 0.0528. The molecule has 0 saturated carbocycles. The molecule has 1 amide bonds. The first-order chi connectivity index (χ1) is 12.3. The quantitative estimate of drug-likeness (QED) is 0.763. The summed E-state index contributed by atoms with van der Waals surface area (Å²) in [5.74, 6) is 0.733. The van der Waals surface area contributed by atoms with Gasteiger partial charge in [0.15, 0.2) is 0 Å². The molecule has 2 rings (SSSR count). The van der Waals surface area contributed by atoms with Crippen molar-refractivity contribution in [1.82, 2.24) is 10.3 Å². The van der Waals surface area contributed by atoms with Gasteiger partial charge in [0.05, 0.1) is 0 Å². The van der Waals surface area contributed by atoms with Crippen molar-refractivity contribution >= 4 is 12.0 Å². The summed E-state index contributed by atoms with van der Waals surface area (Å²) in [5.41, 5.74) is 1.64. The van der Waals surface area contributed by atoms with Gasteiger partial charge in [0.2, 0.25) is 17.5 Å². The predicted octanol–water partition coefficient (Wildman–Crippen LogP) is 3.85. The zero-order valence-electron chi connectivity index (χ0n) is 15.5. The number of carbonyl (C=O) groups is 1. The number of aryl methyl sites for hydroxylation is 1. The molecule has 7 nitrogen and oxygen atoms in total. The molecule has 0 aliphatic heterocycles. The number of anilines is 1. The highest BCUT2D eigenvalue weighted by Gasteiger charge is 2.16. The largest absolute Gasteiger partial charge is 0.444 e. The number of nitrogens with zero attached hydrogens (tertiary/aromatic N) is 2. The minimum absolute atomic E-state index is 0.209. The van der Waals surface area contributed by atoms with Crippen molar-refractivity contribution in [3.63, 3.8) is 0 Å². The van der Waals surface area contributed by atoms with Crippen LogP contribution in [0.5, 0.6) is 0 Å². The van der Waals surface area contributed by atoms with Gasteiger partial charge in [-0.2, -0.15) is 10.2 Å². The van der Waals surface area contributed by atoms with Gasteiger partial charge in [-0.1, -0.05) is 17.7 Å². The number of ether oxygens (including phenoxy) is 1. The normalized spacial score (nSPS) is 10.9. The van der Waals surface area contributed by atoms with Crippen molar-refractivity contribution in [2.75, 3.05) is 18.4 Å². The molecule has 1 aromatic heterocycles. The third kappa shape index (κ3) is 5.81. The Balaban J connectivity index is 1.85. The second-order valence-electron chi connectivity index (χ2n) is 6.88. The average Bonchev–Trinajstić information content (AvgIpc) is 2.96. The molecule has 0 spiro atoms. The number of alkyl carbamates (subject to hydrolysis) is 1. The van der Waals surface area contributed by atoms with Gasteiger partial charge < -0.3 is 19.8 Å². The molecule has 0 aliphatic rings. The molecule has 1 heterocycles. The Morgan fingerprint density at radius 1 is 1.27 bits per heavy atom. The number of rotatable bonds is 6. The summed E-state index contributed by atoms with van der Waals surface area (Å²) in [5, 5.41) is 14.9. The lowest BCUT2D eigenvalue weighted by Gasteiger charge is -2.19. The van der Waals surface area contributed by atoms with E-state index in [4.69, 9.17) is 9.15 Å². The number of hydrogen-bond donors (Lipinski definition) is 2. The molecular weight excluding hydrogens is 332 g/mol. The fraction of sp³-hybridized carbons (Fsp3) is 0.421. The van der Waals surface area contributed by atoms with Gasteiger partial charge in [-0.15, -0.1) is 0 Å². The maximum Gasteiger partial charge on any atom is 0.407 e. The molecule has 0 unspecified atom stereocenters. The molecular formula is C19H24N4O3. The molecule has 0 aliphatic carbocycles. The van der Waals surface area contributed by atoms with Crippen LogP contribution in [0.25, 0.3) is 11.5 Å². The number of nitriles is 1. The minimum atomic E-state index is -0.518. The number of oxazole rings is 1. The van der Waals surface area contributed by atoms with E-state index in [9.17, 15) is 10.1 Å². The Morgan fingerprint density at radius 2 is 1.96 bits per heavy atom. The van der Waals surface area contributed by atoms with Gasteiger partial charge in [-0.3, -0.25) is 0 Å². The number of benzene rings is 1. The summed E-state index contributed by atoms with van der Waals surface area (Å²) in [6.07, 6.45) is 0.196. The van der Waals surface area contributed by atoms with E-state index in [0.717, 1.165) is 11.1 Å². The van der Waals surface area contributed by atoms with E-state index < -0.39 is 11.7 Å². The number of amides is 1. The van der Waals surface area contributed by atoms with Gasteiger partial charge in [0.25, 0.3) is 0 Å². The molecule has 2 aromatic rings. The monoisotopic (exact) mass is 356 g/mol. The zero-order chi connectivity index (χ0) is 19.2. The van der Waals surface area contributed by atoms with E-state index in [1.54, 1.807) is 0 Å². The molecule has 26 heavy (non-hydrogen) atoms. The molecule has 0 atom stereocenters. The first-order valence-corrected chi connectivity index (χ1v) is 8.47. The Kier molecular flexibility index (Phi) is 6.23. The Hall–Kier alpha value is -3.01. The molecule has 138 valence electrons. The SMILES string of the molecule is Cc1ccc(-c2nc(C#N)c(NCCCNC(=O)OC(C)(C)C)o2)cc1. The van der Waals surface area contributed by atoms with Crippen molar-refractivity contribution in [3.05, 3.63) is 35.5 Å². The fourth-order valence-electron chi connectivity index (χ4n) is 2.13. The summed E-state index contributed by atoms with van der Waals surface area (Å²) in [7, 11) is 0. The van der Waals surface area contributed by atoms with Gasteiger partial charge in [0.1, 0.15) is 11.7 Å². The molecule has 0 saturated heterocycles. The Morgan fingerprint density at radius 3 is 2.58 bits per heavy atom. The maximum absolute atomic E-state index is 11.6. The van der Waals surface area contributed by atoms with E-state index >= 15 is 0 Å². The third-order valence-corrected chi connectivity index (χ3v) is 3.34. The van der Waals surface area contributed by atoms with Crippen LogP contribution in [0.15, 0.2) is 28.7 Å². The van der Waals surface area contributed by atoms with Crippen LogP contribution in [0, 0.1) is 18.3 Å². The standard InChI is InChI=1S/C19H24N4O3/c1-13-6-8-14(9-7-13)16-23-15(12-20)17(25-16)21-10-5-11-22-18(24)26-19(2,3)4/h6-9,21H,5,10-11H2,1-4H3,(H,22,24). The number of aromatic nitrogens is 1. The van der Waals surface area contributed by atoms with Crippen LogP contribution >= 0.6 is 0 Å². The van der Waals surface area contributed by atoms with Crippen LogP contribution in [0.2, 0.25) is 0 Å². The highest BCUT2D eigenvalue weighted by Crippen LogP contribution is 2.25. The van der Waals surface area contributed by atoms with Gasteiger partial charge >= 0.3 is 6.09 Å². The van der Waals surface area contributed by atoms with Crippen LogP contribution in [0.1, 0.15) is 38.4 Å². The summed E-state index contributed by atoms with van der Waals surface area (Å²) in [6.45, 7) is 8.40. The van der Waals surface area contributed by atoms with Gasteiger partial charge in [-0.05, 0) is 46.2 Å². The van der Waals surface area contributed by atoms with Crippen LogP contribution < -0.4 is 10.6 Å². The van der Waals surface area contributed by atoms with E-state index in [-0.39, 0.29) is 5.69 Å². The van der Waals surface area contributed by atoms with Crippen LogP contribution in [-0.4, -0.2) is 29.8 Å². The van der Waals surface area contributed by atoms with Crippen molar-refractivity contribution < 1.29 is 13.9 Å². The summed E-state index contributed by atoms with van der Waals surface area (Å²) in [6, 6.07) is 9.74. The van der Waals surface area contributed by atoms with Crippen molar-refractivity contribution in [3.8, 4) is 17.5 Å². The third-order valence-electron chi connectivity index (χ3n) is 3.34. The Labute approximate surface area is 153 Å². The molecule has 1 aromatic carbocycles. The summed E-state index contributed by atoms with van der Waals surface area (Å²) < 4.78 is 10.8. The first-order valence-electron chi connectivity index (χ1n) is 8.47. The molecule has 2 N–H and O–H groups in total. The first kappa shape index (κ1) is 19.3. The number of hydrogen-bond acceptors (Lipinski definition) is 6. The Bertz CT molecular complexity index is 783. The second-order valence-corrected chi connectivity index (χ2v) is 6.88. The number of nitrogens with one attached hydrogen (secondary N) is 2. The topological polar surface area (TPSA) is 100 Å². The average molecular weight is 356 g/mol. The lowest BCUT2D eigenvalue weighted by Crippen LogP contribution is -2.33.